The SMILES string of the molecule is COC(=O)CC(NC(=O)OCc1ccccc1)c1cc([N+](=O)[O-])ccc1C. The highest BCUT2D eigenvalue weighted by Crippen LogP contribution is 2.26. The van der Waals surface area contributed by atoms with Crippen molar-refractivity contribution in [1.29, 1.82) is 0 Å². The van der Waals surface area contributed by atoms with Gasteiger partial charge in [-0.25, -0.2) is 4.79 Å². The summed E-state index contributed by atoms with van der Waals surface area (Å²) >= 11 is 0. The molecular weight excluding hydrogens is 352 g/mol. The molecule has 27 heavy (non-hydrogen) atoms. The number of nitro benzene ring substituents is 1. The van der Waals surface area contributed by atoms with Crippen LogP contribution in [0.1, 0.15) is 29.2 Å². The van der Waals surface area contributed by atoms with Gasteiger partial charge in [0, 0.05) is 12.1 Å². The number of nitrogens with one attached hydrogen (secondary N) is 1. The van der Waals surface area contributed by atoms with E-state index < -0.39 is 23.0 Å². The smallest absolute Gasteiger partial charge is 0.407 e. The number of ether oxygens (including phenoxy) is 2. The normalized spacial score (nSPS) is 11.3. The number of benzene rings is 2. The van der Waals surface area contributed by atoms with Crippen LogP contribution in [-0.2, 0) is 20.9 Å². The van der Waals surface area contributed by atoms with Crippen molar-refractivity contribution in [2.45, 2.75) is 26.0 Å². The predicted molar refractivity (Wildman–Crippen MR) is 97.0 cm³/mol. The van der Waals surface area contributed by atoms with Gasteiger partial charge in [-0.2, -0.15) is 0 Å². The molecule has 2 aromatic carbocycles. The molecule has 0 saturated heterocycles. The first-order chi connectivity index (χ1) is 12.9. The number of rotatable bonds is 7. The number of hydrogen-bond donors (Lipinski definition) is 1. The fourth-order valence-electron chi connectivity index (χ4n) is 2.51. The molecule has 0 saturated carbocycles. The lowest BCUT2D eigenvalue weighted by atomic mass is 9.98. The molecule has 0 heterocycles. The van der Waals surface area contributed by atoms with Crippen LogP contribution >= 0.6 is 0 Å². The third-order valence-electron chi connectivity index (χ3n) is 3.95. The second kappa shape index (κ2) is 9.33. The molecule has 0 fully saturated rings. The van der Waals surface area contributed by atoms with E-state index in [1.165, 1.54) is 19.2 Å². The van der Waals surface area contributed by atoms with Crippen molar-refractivity contribution < 1.29 is 24.0 Å². The van der Waals surface area contributed by atoms with Gasteiger partial charge in [-0.15, -0.1) is 0 Å². The molecule has 0 spiro atoms. The molecule has 1 atom stereocenters. The van der Waals surface area contributed by atoms with Gasteiger partial charge in [0.15, 0.2) is 0 Å². The minimum atomic E-state index is -0.819. The number of methoxy groups -OCH3 is 1. The van der Waals surface area contributed by atoms with Crippen molar-refractivity contribution in [2.24, 2.45) is 0 Å². The lowest BCUT2D eigenvalue weighted by Crippen LogP contribution is -2.31. The molecule has 0 radical (unpaired) electrons. The number of non-ortho nitro benzene ring substituents is 1. The number of nitrogens with zero attached hydrogens (tertiary/aromatic N) is 1. The second-order valence-electron chi connectivity index (χ2n) is 5.84. The third kappa shape index (κ3) is 5.81. The van der Waals surface area contributed by atoms with Crippen molar-refractivity contribution >= 4 is 17.7 Å². The maximum atomic E-state index is 12.2. The van der Waals surface area contributed by atoms with E-state index in [9.17, 15) is 19.7 Å². The zero-order chi connectivity index (χ0) is 19.8. The van der Waals surface area contributed by atoms with Gasteiger partial charge in [-0.1, -0.05) is 36.4 Å². The first-order valence-corrected chi connectivity index (χ1v) is 8.19. The number of carbonyl (C=O) groups excluding carboxylic acids is 2. The van der Waals surface area contributed by atoms with Gasteiger partial charge < -0.3 is 14.8 Å². The Morgan fingerprint density at radius 2 is 1.89 bits per heavy atom. The number of aryl methyl sites for hydroxylation is 1. The Morgan fingerprint density at radius 1 is 1.19 bits per heavy atom. The fourth-order valence-corrected chi connectivity index (χ4v) is 2.51. The van der Waals surface area contributed by atoms with Gasteiger partial charge in [-0.3, -0.25) is 14.9 Å². The lowest BCUT2D eigenvalue weighted by Gasteiger charge is -2.20. The Bertz CT molecular complexity index is 822. The van der Waals surface area contributed by atoms with Crippen LogP contribution in [0, 0.1) is 17.0 Å². The predicted octanol–water partition coefficient (Wildman–Crippen LogP) is 3.43. The highest BCUT2D eigenvalue weighted by molar-refractivity contribution is 5.73. The van der Waals surface area contributed by atoms with Crippen molar-refractivity contribution in [1.82, 2.24) is 5.32 Å². The molecule has 0 aromatic heterocycles. The van der Waals surface area contributed by atoms with Crippen LogP contribution in [0.2, 0.25) is 0 Å². The second-order valence-corrected chi connectivity index (χ2v) is 5.84. The Kier molecular flexibility index (Phi) is 6.87. The van der Waals surface area contributed by atoms with E-state index in [0.29, 0.717) is 11.1 Å². The van der Waals surface area contributed by atoms with Gasteiger partial charge in [-0.05, 0) is 23.6 Å². The standard InChI is InChI=1S/C19H20N2O6/c1-13-8-9-15(21(24)25)10-16(13)17(11-18(22)26-2)20-19(23)27-12-14-6-4-3-5-7-14/h3-10,17H,11-12H2,1-2H3,(H,20,23). The van der Waals surface area contributed by atoms with Crippen LogP contribution < -0.4 is 5.32 Å². The highest BCUT2D eigenvalue weighted by Gasteiger charge is 2.23. The van der Waals surface area contributed by atoms with Gasteiger partial charge in [0.1, 0.15) is 6.61 Å². The summed E-state index contributed by atoms with van der Waals surface area (Å²) in [6.07, 6.45) is -0.919. The molecule has 0 aliphatic carbocycles. The zero-order valence-corrected chi connectivity index (χ0v) is 15.0. The Hall–Kier alpha value is -3.42. The number of hydrogen-bond acceptors (Lipinski definition) is 6. The van der Waals surface area contributed by atoms with E-state index >= 15 is 0 Å². The molecule has 2 aromatic rings. The first kappa shape index (κ1) is 19.9. The monoisotopic (exact) mass is 372 g/mol. The summed E-state index contributed by atoms with van der Waals surface area (Å²) in [6, 6.07) is 12.6. The molecule has 0 aliphatic rings. The summed E-state index contributed by atoms with van der Waals surface area (Å²) in [5, 5.41) is 13.6. The van der Waals surface area contributed by atoms with E-state index in [1.54, 1.807) is 13.0 Å². The topological polar surface area (TPSA) is 108 Å². The van der Waals surface area contributed by atoms with Crippen molar-refractivity contribution in [3.05, 3.63) is 75.3 Å². The summed E-state index contributed by atoms with van der Waals surface area (Å²) in [6.45, 7) is 1.80. The molecule has 0 aliphatic heterocycles. The summed E-state index contributed by atoms with van der Waals surface area (Å²) in [5.74, 6) is -0.561. The average molecular weight is 372 g/mol. The minimum Gasteiger partial charge on any atom is -0.469 e. The number of nitro groups is 1. The largest absolute Gasteiger partial charge is 0.469 e. The van der Waals surface area contributed by atoms with E-state index in [2.05, 4.69) is 10.1 Å². The summed E-state index contributed by atoms with van der Waals surface area (Å²) in [5.41, 5.74) is 1.82. The summed E-state index contributed by atoms with van der Waals surface area (Å²) < 4.78 is 9.84. The van der Waals surface area contributed by atoms with Crippen LogP contribution in [-0.4, -0.2) is 24.1 Å². The van der Waals surface area contributed by atoms with Gasteiger partial charge in [0.25, 0.3) is 5.69 Å². The van der Waals surface area contributed by atoms with Crippen molar-refractivity contribution in [3.8, 4) is 0 Å². The fraction of sp³-hybridized carbons (Fsp3) is 0.263. The van der Waals surface area contributed by atoms with Gasteiger partial charge in [0.2, 0.25) is 0 Å². The Morgan fingerprint density at radius 3 is 2.52 bits per heavy atom. The van der Waals surface area contributed by atoms with Crippen LogP contribution in [0.5, 0.6) is 0 Å². The molecule has 8 nitrogen and oxygen atoms in total. The van der Waals surface area contributed by atoms with E-state index in [4.69, 9.17) is 4.74 Å². The number of amides is 1. The third-order valence-corrected chi connectivity index (χ3v) is 3.95. The van der Waals surface area contributed by atoms with Crippen LogP contribution in [0.3, 0.4) is 0 Å². The average Bonchev–Trinajstić information content (AvgIpc) is 2.66. The van der Waals surface area contributed by atoms with Gasteiger partial charge in [0.05, 0.1) is 24.5 Å². The van der Waals surface area contributed by atoms with E-state index in [-0.39, 0.29) is 18.7 Å². The van der Waals surface area contributed by atoms with Crippen molar-refractivity contribution in [3.63, 3.8) is 0 Å². The van der Waals surface area contributed by atoms with E-state index in [1.807, 2.05) is 30.3 Å². The number of alkyl carbamates (subject to hydrolysis) is 1. The molecule has 1 unspecified atom stereocenters. The molecule has 0 bridgehead atoms. The molecule has 1 N–H and O–H groups in total. The molecule has 1 amide bonds. The van der Waals surface area contributed by atoms with Crippen LogP contribution in [0.4, 0.5) is 10.5 Å². The highest BCUT2D eigenvalue weighted by atomic mass is 16.6. The number of carbonyl (C=O) groups is 2. The Labute approximate surface area is 156 Å². The van der Waals surface area contributed by atoms with E-state index in [0.717, 1.165) is 5.56 Å². The maximum Gasteiger partial charge on any atom is 0.407 e. The van der Waals surface area contributed by atoms with Gasteiger partial charge >= 0.3 is 12.1 Å². The quantitative estimate of drug-likeness (QED) is 0.453. The number of esters is 1. The van der Waals surface area contributed by atoms with Crippen LogP contribution in [0.15, 0.2) is 48.5 Å². The minimum absolute atomic E-state index is 0.0610. The zero-order valence-electron chi connectivity index (χ0n) is 15.0. The Balaban J connectivity index is 2.16. The lowest BCUT2D eigenvalue weighted by molar-refractivity contribution is -0.385. The molecule has 2 rings (SSSR count). The maximum absolute atomic E-state index is 12.2. The summed E-state index contributed by atoms with van der Waals surface area (Å²) in [7, 11) is 1.23. The molecular formula is C19H20N2O6. The first-order valence-electron chi connectivity index (χ1n) is 8.19. The molecule has 142 valence electrons. The van der Waals surface area contributed by atoms with Crippen molar-refractivity contribution in [2.75, 3.05) is 7.11 Å². The molecule has 8 heteroatoms. The summed E-state index contributed by atoms with van der Waals surface area (Å²) in [4.78, 5) is 34.4. The van der Waals surface area contributed by atoms with Crippen LogP contribution in [0.25, 0.3) is 0 Å².